The summed E-state index contributed by atoms with van der Waals surface area (Å²) in [6.07, 6.45) is 1.42. The second-order valence-corrected chi connectivity index (χ2v) is 3.78. The second-order valence-electron chi connectivity index (χ2n) is 3.78. The van der Waals surface area contributed by atoms with Crippen LogP contribution in [0.25, 0.3) is 0 Å². The van der Waals surface area contributed by atoms with Crippen molar-refractivity contribution in [2.24, 2.45) is 5.92 Å². The molecule has 0 saturated carbocycles. The van der Waals surface area contributed by atoms with Crippen LogP contribution in [0.15, 0.2) is 30.3 Å². The van der Waals surface area contributed by atoms with Gasteiger partial charge in [0.15, 0.2) is 0 Å². The first-order valence-corrected chi connectivity index (χ1v) is 5.09. The quantitative estimate of drug-likeness (QED) is 0.547. The number of hydrogen-bond acceptors (Lipinski definition) is 2. The van der Waals surface area contributed by atoms with Crippen molar-refractivity contribution in [3.63, 3.8) is 0 Å². The Kier molecular flexibility index (Phi) is 2.81. The fourth-order valence-electron chi connectivity index (χ4n) is 1.85. The maximum atomic E-state index is 11.6. The van der Waals surface area contributed by atoms with E-state index >= 15 is 0 Å². The van der Waals surface area contributed by atoms with E-state index in [1.54, 1.807) is 4.90 Å². The Bertz CT molecular complexity index is 361. The zero-order valence-electron chi connectivity index (χ0n) is 8.43. The number of aldehydes is 1. The van der Waals surface area contributed by atoms with Crippen molar-refractivity contribution < 1.29 is 9.59 Å². The summed E-state index contributed by atoms with van der Waals surface area (Å²) < 4.78 is 0. The van der Waals surface area contributed by atoms with Crippen molar-refractivity contribution in [2.75, 3.05) is 6.54 Å². The predicted octanol–water partition coefficient (Wildman–Crippen LogP) is 1.23. The molecule has 1 amide bonds. The molecule has 1 heterocycles. The lowest BCUT2D eigenvalue weighted by atomic mass is 10.1. The van der Waals surface area contributed by atoms with Crippen LogP contribution in [-0.4, -0.2) is 23.6 Å². The summed E-state index contributed by atoms with van der Waals surface area (Å²) in [6.45, 7) is 1.31. The van der Waals surface area contributed by atoms with E-state index in [4.69, 9.17) is 0 Å². The molecular formula is C12H13NO2. The number of hydrogen-bond donors (Lipinski definition) is 0. The van der Waals surface area contributed by atoms with Crippen molar-refractivity contribution in [1.82, 2.24) is 4.90 Å². The molecule has 0 bridgehead atoms. The van der Waals surface area contributed by atoms with Gasteiger partial charge in [0.1, 0.15) is 6.29 Å². The lowest BCUT2D eigenvalue weighted by molar-refractivity contribution is -0.133. The molecule has 1 aliphatic rings. The molecule has 0 spiro atoms. The molecule has 2 rings (SSSR count). The molecule has 15 heavy (non-hydrogen) atoms. The third-order valence-corrected chi connectivity index (χ3v) is 2.72. The van der Waals surface area contributed by atoms with Crippen molar-refractivity contribution in [1.29, 1.82) is 0 Å². The van der Waals surface area contributed by atoms with Crippen LogP contribution in [0.5, 0.6) is 0 Å². The molecule has 1 saturated heterocycles. The topological polar surface area (TPSA) is 37.4 Å². The first-order valence-electron chi connectivity index (χ1n) is 5.09. The Morgan fingerprint density at radius 2 is 2.07 bits per heavy atom. The molecule has 3 heteroatoms. The average Bonchev–Trinajstić information content (AvgIpc) is 2.62. The lowest BCUT2D eigenvalue weighted by Gasteiger charge is -2.15. The molecule has 1 aromatic carbocycles. The molecule has 1 unspecified atom stereocenters. The van der Waals surface area contributed by atoms with Crippen molar-refractivity contribution in [3.05, 3.63) is 35.9 Å². The smallest absolute Gasteiger partial charge is 0.233 e. The van der Waals surface area contributed by atoms with Crippen LogP contribution < -0.4 is 0 Å². The van der Waals surface area contributed by atoms with Gasteiger partial charge in [-0.25, -0.2) is 0 Å². The SMILES string of the molecule is O=CC1CCN(Cc2ccccc2)C1=O. The van der Waals surface area contributed by atoms with Gasteiger partial charge in [-0.15, -0.1) is 0 Å². The Morgan fingerprint density at radius 1 is 1.33 bits per heavy atom. The van der Waals surface area contributed by atoms with Crippen LogP contribution in [-0.2, 0) is 16.1 Å². The Labute approximate surface area is 88.7 Å². The molecule has 1 aromatic rings. The summed E-state index contributed by atoms with van der Waals surface area (Å²) in [6, 6.07) is 9.83. The molecular weight excluding hydrogens is 190 g/mol. The third kappa shape index (κ3) is 2.06. The first kappa shape index (κ1) is 9.90. The maximum Gasteiger partial charge on any atom is 0.233 e. The normalized spacial score (nSPS) is 20.7. The summed E-state index contributed by atoms with van der Waals surface area (Å²) in [4.78, 5) is 23.9. The monoisotopic (exact) mass is 203 g/mol. The summed E-state index contributed by atoms with van der Waals surface area (Å²) >= 11 is 0. The van der Waals surface area contributed by atoms with Gasteiger partial charge in [0, 0.05) is 13.1 Å². The highest BCUT2D eigenvalue weighted by Crippen LogP contribution is 2.18. The van der Waals surface area contributed by atoms with Gasteiger partial charge in [-0.1, -0.05) is 30.3 Å². The van der Waals surface area contributed by atoms with E-state index in [1.807, 2.05) is 30.3 Å². The molecule has 1 atom stereocenters. The molecule has 0 radical (unpaired) electrons. The number of carbonyl (C=O) groups is 2. The highest BCUT2D eigenvalue weighted by Gasteiger charge is 2.30. The van der Waals surface area contributed by atoms with Crippen LogP contribution in [0, 0.1) is 5.92 Å². The van der Waals surface area contributed by atoms with E-state index in [9.17, 15) is 9.59 Å². The third-order valence-electron chi connectivity index (χ3n) is 2.72. The second kappa shape index (κ2) is 4.26. The highest BCUT2D eigenvalue weighted by molar-refractivity contribution is 5.93. The molecule has 0 N–H and O–H groups in total. The van der Waals surface area contributed by atoms with Gasteiger partial charge in [-0.3, -0.25) is 4.79 Å². The van der Waals surface area contributed by atoms with Gasteiger partial charge < -0.3 is 9.69 Å². The van der Waals surface area contributed by atoms with Gasteiger partial charge in [-0.05, 0) is 12.0 Å². The number of benzene rings is 1. The predicted molar refractivity (Wildman–Crippen MR) is 56.0 cm³/mol. The fraction of sp³-hybridized carbons (Fsp3) is 0.333. The van der Waals surface area contributed by atoms with Crippen LogP contribution >= 0.6 is 0 Å². The fourth-order valence-corrected chi connectivity index (χ4v) is 1.85. The molecule has 0 aromatic heterocycles. The highest BCUT2D eigenvalue weighted by atomic mass is 16.2. The molecule has 3 nitrogen and oxygen atoms in total. The molecule has 78 valence electrons. The summed E-state index contributed by atoms with van der Waals surface area (Å²) in [5.41, 5.74) is 1.11. The van der Waals surface area contributed by atoms with Crippen molar-refractivity contribution in [2.45, 2.75) is 13.0 Å². The van der Waals surface area contributed by atoms with Crippen LogP contribution in [0.2, 0.25) is 0 Å². The minimum Gasteiger partial charge on any atom is -0.338 e. The van der Waals surface area contributed by atoms with E-state index in [2.05, 4.69) is 0 Å². The number of likely N-dealkylation sites (tertiary alicyclic amines) is 1. The number of carbonyl (C=O) groups excluding carboxylic acids is 2. The Hall–Kier alpha value is -1.64. The van der Waals surface area contributed by atoms with E-state index in [0.29, 0.717) is 19.5 Å². The molecule has 1 aliphatic heterocycles. The van der Waals surface area contributed by atoms with Crippen molar-refractivity contribution >= 4 is 12.2 Å². The summed E-state index contributed by atoms with van der Waals surface area (Å²) in [7, 11) is 0. The van der Waals surface area contributed by atoms with Crippen LogP contribution in [0.4, 0.5) is 0 Å². The average molecular weight is 203 g/mol. The van der Waals surface area contributed by atoms with Gasteiger partial charge in [-0.2, -0.15) is 0 Å². The van der Waals surface area contributed by atoms with E-state index < -0.39 is 5.92 Å². The number of nitrogens with zero attached hydrogens (tertiary/aromatic N) is 1. The molecule has 1 fully saturated rings. The minimum atomic E-state index is -0.409. The standard InChI is InChI=1S/C12H13NO2/c14-9-11-6-7-13(12(11)15)8-10-4-2-1-3-5-10/h1-5,9,11H,6-8H2. The van der Waals surface area contributed by atoms with E-state index in [-0.39, 0.29) is 5.91 Å². The van der Waals surface area contributed by atoms with E-state index in [0.717, 1.165) is 11.8 Å². The largest absolute Gasteiger partial charge is 0.338 e. The number of amides is 1. The maximum absolute atomic E-state index is 11.6. The van der Waals surface area contributed by atoms with Crippen LogP contribution in [0.3, 0.4) is 0 Å². The zero-order valence-corrected chi connectivity index (χ0v) is 8.43. The Balaban J connectivity index is 2.03. The van der Waals surface area contributed by atoms with E-state index in [1.165, 1.54) is 0 Å². The summed E-state index contributed by atoms with van der Waals surface area (Å²) in [5, 5.41) is 0. The summed E-state index contributed by atoms with van der Waals surface area (Å²) in [5.74, 6) is -0.442. The lowest BCUT2D eigenvalue weighted by Crippen LogP contribution is -2.27. The van der Waals surface area contributed by atoms with Gasteiger partial charge in [0.25, 0.3) is 0 Å². The molecule has 0 aliphatic carbocycles. The van der Waals surface area contributed by atoms with Crippen LogP contribution in [0.1, 0.15) is 12.0 Å². The van der Waals surface area contributed by atoms with Gasteiger partial charge >= 0.3 is 0 Å². The first-order chi connectivity index (χ1) is 7.31. The zero-order chi connectivity index (χ0) is 10.7. The van der Waals surface area contributed by atoms with Gasteiger partial charge in [0.05, 0.1) is 5.92 Å². The Morgan fingerprint density at radius 3 is 2.67 bits per heavy atom. The van der Waals surface area contributed by atoms with Crippen molar-refractivity contribution in [3.8, 4) is 0 Å². The minimum absolute atomic E-state index is 0.0335. The number of rotatable bonds is 3. The van der Waals surface area contributed by atoms with Gasteiger partial charge in [0.2, 0.25) is 5.91 Å².